The van der Waals surface area contributed by atoms with E-state index in [4.69, 9.17) is 9.47 Å². The van der Waals surface area contributed by atoms with Gasteiger partial charge >= 0.3 is 0 Å². The normalized spacial score (nSPS) is 13.0. The van der Waals surface area contributed by atoms with Gasteiger partial charge < -0.3 is 14.8 Å². The highest BCUT2D eigenvalue weighted by Crippen LogP contribution is 2.34. The fraction of sp³-hybridized carbons (Fsp3) is 0.211. The van der Waals surface area contributed by atoms with Gasteiger partial charge in [0.2, 0.25) is 0 Å². The third-order valence-corrected chi connectivity index (χ3v) is 4.11. The van der Waals surface area contributed by atoms with Crippen LogP contribution in [0.4, 0.5) is 4.39 Å². The Hall–Kier alpha value is -2.86. The summed E-state index contributed by atoms with van der Waals surface area (Å²) in [5, 5.41) is 10.6. The van der Waals surface area contributed by atoms with Crippen LogP contribution < -0.4 is 14.8 Å². The average molecular weight is 339 g/mol. The number of rotatable bonds is 5. The van der Waals surface area contributed by atoms with Crippen LogP contribution in [0.5, 0.6) is 11.5 Å². The molecule has 6 heteroatoms. The summed E-state index contributed by atoms with van der Waals surface area (Å²) in [7, 11) is 0. The summed E-state index contributed by atoms with van der Waals surface area (Å²) in [6, 6.07) is 12.4. The molecule has 0 atom stereocenters. The highest BCUT2D eigenvalue weighted by atomic mass is 19.1. The van der Waals surface area contributed by atoms with E-state index >= 15 is 0 Å². The van der Waals surface area contributed by atoms with E-state index in [1.54, 1.807) is 12.1 Å². The van der Waals surface area contributed by atoms with Crippen LogP contribution in [0.1, 0.15) is 11.1 Å². The van der Waals surface area contributed by atoms with E-state index in [1.165, 1.54) is 12.1 Å². The fourth-order valence-corrected chi connectivity index (χ4v) is 2.84. The molecule has 0 radical (unpaired) electrons. The number of nitrogens with zero attached hydrogens (tertiary/aromatic N) is 1. The monoisotopic (exact) mass is 339 g/mol. The van der Waals surface area contributed by atoms with Crippen LogP contribution in [-0.2, 0) is 13.1 Å². The first-order valence-corrected chi connectivity index (χ1v) is 8.17. The van der Waals surface area contributed by atoms with Gasteiger partial charge in [0, 0.05) is 24.2 Å². The topological polar surface area (TPSA) is 59.2 Å². The van der Waals surface area contributed by atoms with Gasteiger partial charge in [0.1, 0.15) is 19.0 Å². The number of benzene rings is 2. The van der Waals surface area contributed by atoms with Crippen molar-refractivity contribution < 1.29 is 13.9 Å². The molecular weight excluding hydrogens is 321 g/mol. The molecule has 0 saturated heterocycles. The maximum absolute atomic E-state index is 12.9. The molecule has 3 aromatic rings. The Morgan fingerprint density at radius 3 is 2.64 bits per heavy atom. The Kier molecular flexibility index (Phi) is 4.35. The van der Waals surface area contributed by atoms with E-state index in [-0.39, 0.29) is 5.82 Å². The third kappa shape index (κ3) is 3.49. The second kappa shape index (κ2) is 6.94. The van der Waals surface area contributed by atoms with Crippen molar-refractivity contribution >= 4 is 0 Å². The van der Waals surface area contributed by atoms with Crippen LogP contribution in [0.25, 0.3) is 11.3 Å². The Morgan fingerprint density at radius 1 is 1.00 bits per heavy atom. The number of aromatic nitrogens is 2. The zero-order chi connectivity index (χ0) is 17.1. The maximum atomic E-state index is 12.9. The van der Waals surface area contributed by atoms with Gasteiger partial charge in [-0.1, -0.05) is 12.1 Å². The van der Waals surface area contributed by atoms with Crippen molar-refractivity contribution in [2.45, 2.75) is 13.1 Å². The standard InChI is InChI=1S/C19H18FN3O2/c20-16-4-1-13(2-5-16)10-21-11-15-12-22-23-19(15)14-3-6-17-18(9-14)25-8-7-24-17/h1-6,9,12,21H,7-8,10-11H2,(H,22,23). The van der Waals surface area contributed by atoms with Gasteiger partial charge in [-0.25, -0.2) is 4.39 Å². The first-order valence-electron chi connectivity index (χ1n) is 8.17. The summed E-state index contributed by atoms with van der Waals surface area (Å²) in [5.41, 5.74) is 4.04. The van der Waals surface area contributed by atoms with Crippen molar-refractivity contribution in [3.05, 3.63) is 65.6 Å². The van der Waals surface area contributed by atoms with Crippen molar-refractivity contribution in [1.82, 2.24) is 15.5 Å². The molecule has 0 amide bonds. The number of hydrogen-bond acceptors (Lipinski definition) is 4. The summed E-state index contributed by atoms with van der Waals surface area (Å²) in [4.78, 5) is 0. The minimum atomic E-state index is -0.223. The van der Waals surface area contributed by atoms with Crippen LogP contribution in [-0.4, -0.2) is 23.4 Å². The van der Waals surface area contributed by atoms with Gasteiger partial charge in [-0.05, 0) is 35.9 Å². The lowest BCUT2D eigenvalue weighted by Crippen LogP contribution is -2.15. The van der Waals surface area contributed by atoms with Gasteiger partial charge in [-0.3, -0.25) is 5.10 Å². The molecule has 1 aliphatic heterocycles. The lowest BCUT2D eigenvalue weighted by atomic mass is 10.1. The summed E-state index contributed by atoms with van der Waals surface area (Å²) in [6.45, 7) is 2.45. The molecule has 0 fully saturated rings. The van der Waals surface area contributed by atoms with E-state index in [0.717, 1.165) is 33.9 Å². The molecular formula is C19H18FN3O2. The number of halogens is 1. The number of aromatic amines is 1. The number of H-pyrrole nitrogens is 1. The summed E-state index contributed by atoms with van der Waals surface area (Å²) < 4.78 is 24.1. The van der Waals surface area contributed by atoms with Crippen LogP contribution in [0.3, 0.4) is 0 Å². The fourth-order valence-electron chi connectivity index (χ4n) is 2.84. The lowest BCUT2D eigenvalue weighted by Gasteiger charge is -2.18. The predicted molar refractivity (Wildman–Crippen MR) is 92.0 cm³/mol. The van der Waals surface area contributed by atoms with Gasteiger partial charge in [0.15, 0.2) is 11.5 Å². The van der Waals surface area contributed by atoms with Crippen molar-refractivity contribution in [3.63, 3.8) is 0 Å². The second-order valence-corrected chi connectivity index (χ2v) is 5.86. The molecule has 0 aliphatic carbocycles. The van der Waals surface area contributed by atoms with Gasteiger partial charge in [0.05, 0.1) is 11.9 Å². The SMILES string of the molecule is Fc1ccc(CNCc2cn[nH]c2-c2ccc3c(c2)OCCO3)cc1. The third-order valence-electron chi connectivity index (χ3n) is 4.11. The number of hydrogen-bond donors (Lipinski definition) is 2. The molecule has 128 valence electrons. The lowest BCUT2D eigenvalue weighted by molar-refractivity contribution is 0.171. The second-order valence-electron chi connectivity index (χ2n) is 5.86. The molecule has 2 N–H and O–H groups in total. The van der Waals surface area contributed by atoms with Gasteiger partial charge in [0.25, 0.3) is 0 Å². The molecule has 5 nitrogen and oxygen atoms in total. The molecule has 25 heavy (non-hydrogen) atoms. The smallest absolute Gasteiger partial charge is 0.162 e. The van der Waals surface area contributed by atoms with Crippen molar-refractivity contribution in [3.8, 4) is 22.8 Å². The van der Waals surface area contributed by atoms with Crippen LogP contribution in [0.2, 0.25) is 0 Å². The van der Waals surface area contributed by atoms with E-state index in [1.807, 2.05) is 24.4 Å². The first-order chi connectivity index (χ1) is 12.3. The van der Waals surface area contributed by atoms with Crippen molar-refractivity contribution in [1.29, 1.82) is 0 Å². The molecule has 2 heterocycles. The van der Waals surface area contributed by atoms with E-state index < -0.39 is 0 Å². The van der Waals surface area contributed by atoms with Crippen LogP contribution in [0.15, 0.2) is 48.7 Å². The number of nitrogens with one attached hydrogen (secondary N) is 2. The Labute approximate surface area is 144 Å². The molecule has 1 aliphatic rings. The average Bonchev–Trinajstić information content (AvgIpc) is 3.11. The molecule has 1 aromatic heterocycles. The van der Waals surface area contributed by atoms with Crippen molar-refractivity contribution in [2.75, 3.05) is 13.2 Å². The molecule has 0 bridgehead atoms. The largest absolute Gasteiger partial charge is 0.486 e. The van der Waals surface area contributed by atoms with E-state index in [0.29, 0.717) is 26.3 Å². The Balaban J connectivity index is 1.46. The summed E-state index contributed by atoms with van der Waals surface area (Å²) in [5.74, 6) is 1.30. The minimum absolute atomic E-state index is 0.223. The molecule has 0 spiro atoms. The Morgan fingerprint density at radius 2 is 1.80 bits per heavy atom. The van der Waals surface area contributed by atoms with Crippen LogP contribution in [0, 0.1) is 5.82 Å². The molecule has 2 aromatic carbocycles. The highest BCUT2D eigenvalue weighted by Gasteiger charge is 2.14. The van der Waals surface area contributed by atoms with Crippen LogP contribution >= 0.6 is 0 Å². The minimum Gasteiger partial charge on any atom is -0.486 e. The maximum Gasteiger partial charge on any atom is 0.162 e. The molecule has 4 rings (SSSR count). The van der Waals surface area contributed by atoms with E-state index in [9.17, 15) is 4.39 Å². The highest BCUT2D eigenvalue weighted by molar-refractivity contribution is 5.66. The quantitative estimate of drug-likeness (QED) is 0.749. The zero-order valence-electron chi connectivity index (χ0n) is 13.6. The summed E-state index contributed by atoms with van der Waals surface area (Å²) >= 11 is 0. The summed E-state index contributed by atoms with van der Waals surface area (Å²) in [6.07, 6.45) is 1.81. The first kappa shape index (κ1) is 15.7. The predicted octanol–water partition coefficient (Wildman–Crippen LogP) is 3.28. The molecule has 0 unspecified atom stereocenters. The van der Waals surface area contributed by atoms with E-state index in [2.05, 4.69) is 15.5 Å². The van der Waals surface area contributed by atoms with Crippen molar-refractivity contribution in [2.24, 2.45) is 0 Å². The molecule has 0 saturated carbocycles. The number of ether oxygens (including phenoxy) is 2. The number of fused-ring (bicyclic) bond motifs is 1. The zero-order valence-corrected chi connectivity index (χ0v) is 13.6. The van der Waals surface area contributed by atoms with Gasteiger partial charge in [-0.2, -0.15) is 5.10 Å². The van der Waals surface area contributed by atoms with Gasteiger partial charge in [-0.15, -0.1) is 0 Å². The Bertz CT molecular complexity index is 861.